The van der Waals surface area contributed by atoms with Crippen molar-refractivity contribution in [2.75, 3.05) is 25.4 Å². The molecule has 3 heterocycles. The van der Waals surface area contributed by atoms with Gasteiger partial charge in [-0.1, -0.05) is 18.2 Å². The van der Waals surface area contributed by atoms with Gasteiger partial charge in [-0.05, 0) is 31.4 Å². The second-order valence-electron chi connectivity index (χ2n) is 7.22. The summed E-state index contributed by atoms with van der Waals surface area (Å²) in [4.78, 5) is 40.8. The second-order valence-corrected chi connectivity index (χ2v) is 7.22. The monoisotopic (exact) mass is 381 g/mol. The normalized spacial score (nSPS) is 19.4. The zero-order chi connectivity index (χ0) is 19.7. The average molecular weight is 381 g/mol. The van der Waals surface area contributed by atoms with Crippen LogP contribution in [0.5, 0.6) is 0 Å². The van der Waals surface area contributed by atoms with Gasteiger partial charge in [0.25, 0.3) is 0 Å². The van der Waals surface area contributed by atoms with Crippen molar-refractivity contribution in [1.29, 1.82) is 0 Å². The van der Waals surface area contributed by atoms with E-state index in [9.17, 15) is 14.4 Å². The number of anilines is 1. The largest absolute Gasteiger partial charge is 0.383 e. The first-order chi connectivity index (χ1) is 13.6. The lowest BCUT2D eigenvalue weighted by Crippen LogP contribution is -2.46. The molecule has 1 aromatic carbocycles. The lowest BCUT2D eigenvalue weighted by molar-refractivity contribution is -0.138. The van der Waals surface area contributed by atoms with E-state index in [4.69, 9.17) is 5.73 Å². The molecule has 2 aromatic rings. The third-order valence-electron chi connectivity index (χ3n) is 5.45. The first-order valence-corrected chi connectivity index (χ1v) is 9.56. The smallest absolute Gasteiger partial charge is 0.242 e. The van der Waals surface area contributed by atoms with Gasteiger partial charge in [0.2, 0.25) is 11.8 Å². The molecule has 1 aromatic heterocycles. The topological polar surface area (TPSA) is 102 Å². The van der Waals surface area contributed by atoms with Gasteiger partial charge in [-0.15, -0.1) is 0 Å². The number of nitrogens with two attached hydrogens (primary N) is 1. The molecule has 4 rings (SSSR count). The van der Waals surface area contributed by atoms with Gasteiger partial charge in [0, 0.05) is 19.5 Å². The SMILES string of the molecule is Nc1c(C(=O)[C@@H]2CCCN2C(=O)CN2CCCC2=O)cnn1-c1ccccc1. The number of aromatic nitrogens is 2. The van der Waals surface area contributed by atoms with Gasteiger partial charge in [-0.3, -0.25) is 14.4 Å². The molecular weight excluding hydrogens is 358 g/mol. The van der Waals surface area contributed by atoms with E-state index in [0.717, 1.165) is 18.5 Å². The Morgan fingerprint density at radius 3 is 2.64 bits per heavy atom. The van der Waals surface area contributed by atoms with Gasteiger partial charge in [0.15, 0.2) is 5.78 Å². The van der Waals surface area contributed by atoms with Crippen molar-refractivity contribution in [3.05, 3.63) is 42.1 Å². The first kappa shape index (κ1) is 18.2. The highest BCUT2D eigenvalue weighted by Gasteiger charge is 2.37. The van der Waals surface area contributed by atoms with E-state index in [2.05, 4.69) is 5.10 Å². The van der Waals surface area contributed by atoms with Crippen LogP contribution in [0.25, 0.3) is 5.69 Å². The third-order valence-corrected chi connectivity index (χ3v) is 5.45. The van der Waals surface area contributed by atoms with Gasteiger partial charge in [-0.2, -0.15) is 5.10 Å². The summed E-state index contributed by atoms with van der Waals surface area (Å²) in [5.74, 6) is -0.104. The van der Waals surface area contributed by atoms with Crippen molar-refractivity contribution >= 4 is 23.4 Å². The van der Waals surface area contributed by atoms with Crippen molar-refractivity contribution in [1.82, 2.24) is 19.6 Å². The molecule has 8 nitrogen and oxygen atoms in total. The maximum absolute atomic E-state index is 13.1. The van der Waals surface area contributed by atoms with Gasteiger partial charge >= 0.3 is 0 Å². The highest BCUT2D eigenvalue weighted by atomic mass is 16.2. The Morgan fingerprint density at radius 1 is 1.14 bits per heavy atom. The average Bonchev–Trinajstić information content (AvgIpc) is 3.43. The van der Waals surface area contributed by atoms with Crippen LogP contribution in [-0.2, 0) is 9.59 Å². The molecule has 2 amide bonds. The van der Waals surface area contributed by atoms with Crippen molar-refractivity contribution < 1.29 is 14.4 Å². The first-order valence-electron chi connectivity index (χ1n) is 9.56. The Morgan fingerprint density at radius 2 is 1.93 bits per heavy atom. The van der Waals surface area contributed by atoms with Gasteiger partial charge in [0.1, 0.15) is 5.82 Å². The number of benzene rings is 1. The predicted octanol–water partition coefficient (Wildman–Crippen LogP) is 1.25. The van der Waals surface area contributed by atoms with Crippen LogP contribution < -0.4 is 5.73 Å². The standard InChI is InChI=1S/C20H23N5O3/c21-20-15(12-22-25(20)14-6-2-1-3-7-14)19(28)16-8-4-11-24(16)18(27)13-23-10-5-9-17(23)26/h1-3,6-7,12,16H,4-5,8-11,13,21H2/t16-/m0/s1. The summed E-state index contributed by atoms with van der Waals surface area (Å²) in [6.45, 7) is 1.17. The number of nitrogen functional groups attached to an aromatic ring is 1. The number of hydrogen-bond acceptors (Lipinski definition) is 5. The molecular formula is C20H23N5O3. The fourth-order valence-electron chi connectivity index (χ4n) is 3.97. The van der Waals surface area contributed by atoms with E-state index in [-0.39, 0.29) is 30.0 Å². The van der Waals surface area contributed by atoms with Crippen LogP contribution in [0.2, 0.25) is 0 Å². The lowest BCUT2D eigenvalue weighted by Gasteiger charge is -2.26. The fraction of sp³-hybridized carbons (Fsp3) is 0.400. The van der Waals surface area contributed by atoms with Crippen LogP contribution in [0, 0.1) is 0 Å². The molecule has 2 saturated heterocycles. The van der Waals surface area contributed by atoms with E-state index in [1.54, 1.807) is 9.80 Å². The van der Waals surface area contributed by atoms with E-state index in [1.165, 1.54) is 10.9 Å². The molecule has 2 aliphatic heterocycles. The lowest BCUT2D eigenvalue weighted by atomic mass is 10.0. The van der Waals surface area contributed by atoms with Crippen molar-refractivity contribution in [3.8, 4) is 5.69 Å². The van der Waals surface area contributed by atoms with Crippen molar-refractivity contribution in [2.45, 2.75) is 31.7 Å². The maximum atomic E-state index is 13.1. The van der Waals surface area contributed by atoms with Gasteiger partial charge in [0.05, 0.1) is 30.0 Å². The van der Waals surface area contributed by atoms with Gasteiger partial charge in [-0.25, -0.2) is 4.68 Å². The van der Waals surface area contributed by atoms with E-state index < -0.39 is 6.04 Å². The zero-order valence-electron chi connectivity index (χ0n) is 15.6. The Labute approximate surface area is 162 Å². The Bertz CT molecular complexity index is 908. The summed E-state index contributed by atoms with van der Waals surface area (Å²) < 4.78 is 1.53. The molecule has 8 heteroatoms. The summed E-state index contributed by atoms with van der Waals surface area (Å²) in [5, 5.41) is 4.26. The molecule has 2 fully saturated rings. The van der Waals surface area contributed by atoms with Crippen molar-refractivity contribution in [3.63, 3.8) is 0 Å². The minimum absolute atomic E-state index is 0.00352. The van der Waals surface area contributed by atoms with Crippen LogP contribution >= 0.6 is 0 Å². The predicted molar refractivity (Wildman–Crippen MR) is 103 cm³/mol. The molecule has 0 unspecified atom stereocenters. The molecule has 146 valence electrons. The molecule has 2 N–H and O–H groups in total. The number of nitrogens with zero attached hydrogens (tertiary/aromatic N) is 4. The summed E-state index contributed by atoms with van der Waals surface area (Å²) >= 11 is 0. The number of amides is 2. The quantitative estimate of drug-likeness (QED) is 0.786. The summed E-state index contributed by atoms with van der Waals surface area (Å²) in [6, 6.07) is 8.79. The fourth-order valence-corrected chi connectivity index (χ4v) is 3.97. The highest BCUT2D eigenvalue weighted by molar-refractivity contribution is 6.05. The van der Waals surface area contributed by atoms with Crippen LogP contribution in [-0.4, -0.2) is 62.9 Å². The third kappa shape index (κ3) is 3.26. The molecule has 28 heavy (non-hydrogen) atoms. The summed E-state index contributed by atoms with van der Waals surface area (Å²) in [6.07, 6.45) is 4.08. The van der Waals surface area contributed by atoms with Crippen LogP contribution in [0.4, 0.5) is 5.82 Å². The second kappa shape index (κ2) is 7.46. The molecule has 0 aliphatic carbocycles. The summed E-state index contributed by atoms with van der Waals surface area (Å²) in [7, 11) is 0. The molecule has 0 bridgehead atoms. The maximum Gasteiger partial charge on any atom is 0.242 e. The number of likely N-dealkylation sites (tertiary alicyclic amines) is 2. The number of hydrogen-bond donors (Lipinski definition) is 1. The molecule has 1 atom stereocenters. The van der Waals surface area contributed by atoms with Crippen molar-refractivity contribution in [2.24, 2.45) is 0 Å². The number of para-hydroxylation sites is 1. The molecule has 0 spiro atoms. The van der Waals surface area contributed by atoms with E-state index >= 15 is 0 Å². The minimum atomic E-state index is -0.555. The molecule has 0 radical (unpaired) electrons. The number of rotatable bonds is 5. The number of carbonyl (C=O) groups is 3. The Balaban J connectivity index is 1.52. The number of Topliss-reactive ketones (excluding diaryl/α,β-unsaturated/α-hetero) is 1. The number of carbonyl (C=O) groups excluding carboxylic acids is 3. The summed E-state index contributed by atoms with van der Waals surface area (Å²) in [5.41, 5.74) is 7.29. The highest BCUT2D eigenvalue weighted by Crippen LogP contribution is 2.25. The van der Waals surface area contributed by atoms with Crippen LogP contribution in [0.15, 0.2) is 36.5 Å². The minimum Gasteiger partial charge on any atom is -0.383 e. The van der Waals surface area contributed by atoms with Crippen LogP contribution in [0.3, 0.4) is 0 Å². The van der Waals surface area contributed by atoms with E-state index in [1.807, 2.05) is 30.3 Å². The zero-order valence-corrected chi connectivity index (χ0v) is 15.6. The molecule has 0 saturated carbocycles. The van der Waals surface area contributed by atoms with Gasteiger partial charge < -0.3 is 15.5 Å². The molecule has 2 aliphatic rings. The Kier molecular flexibility index (Phi) is 4.85. The van der Waals surface area contributed by atoms with E-state index in [0.29, 0.717) is 31.5 Å². The number of ketones is 1. The van der Waals surface area contributed by atoms with Crippen LogP contribution in [0.1, 0.15) is 36.0 Å². The Hall–Kier alpha value is -3.16.